The Morgan fingerprint density at radius 2 is 1.69 bits per heavy atom. The molecule has 0 atom stereocenters. The first-order valence-electron chi connectivity index (χ1n) is 5.02. The smallest absolute Gasteiger partial charge is 0.0608 e. The Bertz CT molecular complexity index is 260. The normalized spacial score (nSPS) is 26.5. The highest BCUT2D eigenvalue weighted by atomic mass is 31.2. The molecule has 0 aromatic carbocycles. The summed E-state index contributed by atoms with van der Waals surface area (Å²) in [5, 5.41) is 1.68. The molecule has 0 amide bonds. The highest BCUT2D eigenvalue weighted by molar-refractivity contribution is 7.75. The molecule has 13 heavy (non-hydrogen) atoms. The second-order valence-electron chi connectivity index (χ2n) is 6.43. The largest absolute Gasteiger partial charge is 0.114 e. The molecule has 1 heterocycles. The maximum absolute atomic E-state index is 3.87. The molecule has 1 rings (SSSR count). The Morgan fingerprint density at radius 3 is 1.85 bits per heavy atom. The summed E-state index contributed by atoms with van der Waals surface area (Å²) in [4.78, 5) is 0. The minimum Gasteiger partial charge on any atom is -0.114 e. The summed E-state index contributed by atoms with van der Waals surface area (Å²) in [6.45, 7) is 16.1. The van der Waals surface area contributed by atoms with Gasteiger partial charge in [-0.25, -0.2) is 0 Å². The molecule has 0 spiro atoms. The van der Waals surface area contributed by atoms with Gasteiger partial charge in [0.05, 0.1) is 8.07 Å². The van der Waals surface area contributed by atoms with E-state index in [4.69, 9.17) is 0 Å². The summed E-state index contributed by atoms with van der Waals surface area (Å²) in [5.74, 6) is 0. The monoisotopic (exact) mass is 214 g/mol. The van der Waals surface area contributed by atoms with Crippen LogP contribution in [-0.4, -0.2) is 33.4 Å². The van der Waals surface area contributed by atoms with Crippen molar-refractivity contribution >= 4 is 20.3 Å². The van der Waals surface area contributed by atoms with E-state index >= 15 is 0 Å². The van der Waals surface area contributed by atoms with Gasteiger partial charge in [-0.05, 0) is 31.5 Å². The highest BCUT2D eigenvalue weighted by Crippen LogP contribution is 2.51. The lowest BCUT2D eigenvalue weighted by Gasteiger charge is -2.26. The van der Waals surface area contributed by atoms with Gasteiger partial charge in [0.15, 0.2) is 0 Å². The third kappa shape index (κ3) is 2.50. The van der Waals surface area contributed by atoms with Gasteiger partial charge in [0, 0.05) is 6.04 Å². The van der Waals surface area contributed by atoms with Crippen LogP contribution in [0.1, 0.15) is 13.8 Å². The Balaban J connectivity index is 3.18. The Labute approximate surface area is 85.1 Å². The van der Waals surface area contributed by atoms with E-state index in [1.165, 1.54) is 6.04 Å². The maximum Gasteiger partial charge on any atom is 0.0608 e. The van der Waals surface area contributed by atoms with Gasteiger partial charge in [-0.1, -0.05) is 32.2 Å². The molecule has 0 nitrogen and oxygen atoms in total. The first-order chi connectivity index (χ1) is 5.55. The van der Waals surface area contributed by atoms with Crippen LogP contribution >= 0.6 is 6.89 Å². The van der Waals surface area contributed by atoms with E-state index in [0.29, 0.717) is 5.41 Å². The molecular weight excluding hydrogens is 191 g/mol. The fraction of sp³-hybridized carbons (Fsp3) is 0.818. The average molecular weight is 214 g/mol. The van der Waals surface area contributed by atoms with Gasteiger partial charge in [-0.3, -0.25) is 0 Å². The average Bonchev–Trinajstić information content (AvgIpc) is 1.97. The van der Waals surface area contributed by atoms with E-state index in [-0.39, 0.29) is 0 Å². The molecule has 0 aliphatic carbocycles. The molecule has 0 unspecified atom stereocenters. The SMILES string of the molecule is CC1(C)C[Si](C)(C)[C]C1=P(C)(C)C. The molecule has 1 fully saturated rings. The molecule has 0 N–H and O–H groups in total. The number of rotatable bonds is 0. The zero-order chi connectivity index (χ0) is 10.5. The van der Waals surface area contributed by atoms with Crippen molar-refractivity contribution in [2.45, 2.75) is 33.0 Å². The van der Waals surface area contributed by atoms with Crippen molar-refractivity contribution in [2.75, 3.05) is 20.0 Å². The second-order valence-corrected chi connectivity index (χ2v) is 15.3. The minimum atomic E-state index is -1.11. The Morgan fingerprint density at radius 1 is 1.23 bits per heavy atom. The van der Waals surface area contributed by atoms with Gasteiger partial charge in [0.2, 0.25) is 0 Å². The van der Waals surface area contributed by atoms with E-state index in [9.17, 15) is 0 Å². The quantitative estimate of drug-likeness (QED) is 0.428. The third-order valence-corrected chi connectivity index (χ3v) is 7.62. The number of hydrogen-bond acceptors (Lipinski definition) is 0. The number of hydrogen-bond donors (Lipinski definition) is 0. The van der Waals surface area contributed by atoms with Crippen LogP contribution in [0.3, 0.4) is 0 Å². The van der Waals surface area contributed by atoms with E-state index in [1.807, 2.05) is 0 Å². The summed E-state index contributed by atoms with van der Waals surface area (Å²) in [6.07, 6.45) is 0. The van der Waals surface area contributed by atoms with Gasteiger partial charge in [0.1, 0.15) is 0 Å². The molecule has 1 saturated heterocycles. The summed E-state index contributed by atoms with van der Waals surface area (Å²) in [7, 11) is -1.11. The van der Waals surface area contributed by atoms with Gasteiger partial charge >= 0.3 is 0 Å². The molecular formula is C11H23PSi. The Kier molecular flexibility index (Phi) is 2.68. The lowest BCUT2D eigenvalue weighted by atomic mass is 9.93. The highest BCUT2D eigenvalue weighted by Gasteiger charge is 2.43. The van der Waals surface area contributed by atoms with Crippen LogP contribution in [0.25, 0.3) is 0 Å². The van der Waals surface area contributed by atoms with Crippen LogP contribution in [0, 0.1) is 11.5 Å². The summed E-state index contributed by atoms with van der Waals surface area (Å²) < 4.78 is 0. The van der Waals surface area contributed by atoms with E-state index < -0.39 is 15.0 Å². The molecule has 2 heteroatoms. The third-order valence-electron chi connectivity index (χ3n) is 2.65. The standard InChI is InChI=1S/C11H23PSi/c1-11(2)9-13(6,7)8-10(11)12(3,4)5/h9H2,1-7H3. The second kappa shape index (κ2) is 3.00. The van der Waals surface area contributed by atoms with Gasteiger partial charge in [0.25, 0.3) is 0 Å². The van der Waals surface area contributed by atoms with Crippen molar-refractivity contribution in [2.24, 2.45) is 5.41 Å². The molecule has 2 radical (unpaired) electrons. The van der Waals surface area contributed by atoms with Crippen molar-refractivity contribution in [1.29, 1.82) is 0 Å². The van der Waals surface area contributed by atoms with E-state index in [0.717, 1.165) is 0 Å². The molecule has 1 aliphatic heterocycles. The van der Waals surface area contributed by atoms with Crippen LogP contribution in [-0.2, 0) is 0 Å². The van der Waals surface area contributed by atoms with E-state index in [2.05, 4.69) is 53.0 Å². The molecule has 0 bridgehead atoms. The van der Waals surface area contributed by atoms with Gasteiger partial charge < -0.3 is 0 Å². The van der Waals surface area contributed by atoms with Crippen molar-refractivity contribution in [1.82, 2.24) is 0 Å². The zero-order valence-corrected chi connectivity index (χ0v) is 12.0. The van der Waals surface area contributed by atoms with Crippen LogP contribution in [0.2, 0.25) is 19.1 Å². The molecule has 0 saturated carbocycles. The fourth-order valence-electron chi connectivity index (χ4n) is 2.80. The molecule has 0 aromatic rings. The summed E-state index contributed by atoms with van der Waals surface area (Å²) in [6, 6.07) is 5.26. The first-order valence-corrected chi connectivity index (χ1v) is 11.4. The topological polar surface area (TPSA) is 0 Å². The van der Waals surface area contributed by atoms with Crippen LogP contribution < -0.4 is 0 Å². The minimum absolute atomic E-state index is 0.446. The predicted molar refractivity (Wildman–Crippen MR) is 69.0 cm³/mol. The lowest BCUT2D eigenvalue weighted by Crippen LogP contribution is -2.22. The molecule has 76 valence electrons. The zero-order valence-electron chi connectivity index (χ0n) is 10.2. The molecule has 1 aliphatic rings. The van der Waals surface area contributed by atoms with Gasteiger partial charge in [-0.15, -0.1) is 6.89 Å². The predicted octanol–water partition coefficient (Wildman–Crippen LogP) is 3.43. The van der Waals surface area contributed by atoms with Crippen molar-refractivity contribution in [3.8, 4) is 0 Å². The maximum atomic E-state index is 3.87. The van der Waals surface area contributed by atoms with Crippen LogP contribution in [0.4, 0.5) is 0 Å². The van der Waals surface area contributed by atoms with E-state index in [1.54, 1.807) is 5.29 Å². The summed E-state index contributed by atoms with van der Waals surface area (Å²) in [5.41, 5.74) is 0.446. The molecule has 0 aromatic heterocycles. The van der Waals surface area contributed by atoms with Crippen molar-refractivity contribution < 1.29 is 0 Å². The lowest BCUT2D eigenvalue weighted by molar-refractivity contribution is 0.604. The van der Waals surface area contributed by atoms with Crippen LogP contribution in [0.15, 0.2) is 0 Å². The summed E-state index contributed by atoms with van der Waals surface area (Å²) >= 11 is 0. The fourth-order valence-corrected chi connectivity index (χ4v) is 10.5. The Hall–Kier alpha value is 0.517. The van der Waals surface area contributed by atoms with Gasteiger partial charge in [-0.2, -0.15) is 0 Å². The first kappa shape index (κ1) is 11.6. The van der Waals surface area contributed by atoms with Crippen molar-refractivity contribution in [3.63, 3.8) is 0 Å². The van der Waals surface area contributed by atoms with Crippen LogP contribution in [0.5, 0.6) is 0 Å². The van der Waals surface area contributed by atoms with Crippen molar-refractivity contribution in [3.05, 3.63) is 6.04 Å².